The van der Waals surface area contributed by atoms with Crippen molar-refractivity contribution in [3.63, 3.8) is 0 Å². The predicted molar refractivity (Wildman–Crippen MR) is 137 cm³/mol. The Balaban J connectivity index is 0.00000115. The number of amides is 2. The Morgan fingerprint density at radius 1 is 1.31 bits per heavy atom. The predicted octanol–water partition coefficient (Wildman–Crippen LogP) is 4.22. The summed E-state index contributed by atoms with van der Waals surface area (Å²) in [7, 11) is 0. The molecule has 1 atom stereocenters. The number of hydrogen-bond donors (Lipinski definition) is 2. The molecular formula is C28H35FN4O3. The van der Waals surface area contributed by atoms with Crippen molar-refractivity contribution < 1.29 is 18.7 Å². The molecule has 2 heterocycles. The minimum Gasteiger partial charge on any atom is -0.382 e. The van der Waals surface area contributed by atoms with Gasteiger partial charge in [-0.15, -0.1) is 0 Å². The van der Waals surface area contributed by atoms with Gasteiger partial charge in [-0.3, -0.25) is 9.59 Å². The maximum atomic E-state index is 15.6. The summed E-state index contributed by atoms with van der Waals surface area (Å²) in [6.45, 7) is 6.37. The van der Waals surface area contributed by atoms with E-state index in [1.807, 2.05) is 13.0 Å². The second-order valence-electron chi connectivity index (χ2n) is 9.28. The van der Waals surface area contributed by atoms with E-state index in [2.05, 4.69) is 30.1 Å². The number of nitrogens with one attached hydrogen (secondary N) is 1. The third kappa shape index (κ3) is 6.41. The molecule has 192 valence electrons. The van der Waals surface area contributed by atoms with E-state index in [0.717, 1.165) is 43.7 Å². The molecule has 0 radical (unpaired) electrons. The zero-order chi connectivity index (χ0) is 26.1. The van der Waals surface area contributed by atoms with Gasteiger partial charge in [0.1, 0.15) is 5.67 Å². The van der Waals surface area contributed by atoms with Crippen LogP contribution >= 0.6 is 0 Å². The molecule has 4 rings (SSSR count). The summed E-state index contributed by atoms with van der Waals surface area (Å²) in [5, 5.41) is 12.5. The molecule has 2 saturated heterocycles. The second kappa shape index (κ2) is 12.5. The first-order valence-electron chi connectivity index (χ1n) is 12.5. The van der Waals surface area contributed by atoms with Gasteiger partial charge in [0, 0.05) is 50.3 Å². The summed E-state index contributed by atoms with van der Waals surface area (Å²) in [5.74, 6) is -0.0443. The van der Waals surface area contributed by atoms with Gasteiger partial charge in [0.05, 0.1) is 17.7 Å². The van der Waals surface area contributed by atoms with Crippen LogP contribution in [0.2, 0.25) is 0 Å². The van der Waals surface area contributed by atoms with Crippen LogP contribution in [0.3, 0.4) is 0 Å². The first-order chi connectivity index (χ1) is 17.3. The number of nitrogens with zero attached hydrogens (tertiary/aromatic N) is 2. The molecule has 2 fully saturated rings. The third-order valence-electron chi connectivity index (χ3n) is 6.98. The van der Waals surface area contributed by atoms with Crippen molar-refractivity contribution >= 4 is 18.0 Å². The Morgan fingerprint density at radius 3 is 2.53 bits per heavy atom. The molecule has 0 aliphatic carbocycles. The van der Waals surface area contributed by atoms with Crippen LogP contribution in [0.5, 0.6) is 0 Å². The molecule has 2 aliphatic rings. The highest BCUT2D eigenvalue weighted by Crippen LogP contribution is 2.37. The van der Waals surface area contributed by atoms with Crippen molar-refractivity contribution in [2.75, 3.05) is 31.6 Å². The van der Waals surface area contributed by atoms with Crippen LogP contribution in [-0.4, -0.2) is 49.6 Å². The zero-order valence-corrected chi connectivity index (χ0v) is 21.1. The number of ether oxygens (including phenoxy) is 1. The molecule has 3 N–H and O–H groups in total. The number of benzene rings is 2. The molecule has 0 aromatic heterocycles. The van der Waals surface area contributed by atoms with Gasteiger partial charge in [0.15, 0.2) is 0 Å². The van der Waals surface area contributed by atoms with Gasteiger partial charge >= 0.3 is 0 Å². The van der Waals surface area contributed by atoms with Gasteiger partial charge in [0.2, 0.25) is 6.41 Å². The van der Waals surface area contributed by atoms with E-state index < -0.39 is 5.67 Å². The molecule has 0 spiro atoms. The van der Waals surface area contributed by atoms with Crippen molar-refractivity contribution in [3.8, 4) is 6.07 Å². The van der Waals surface area contributed by atoms with E-state index >= 15 is 4.39 Å². The molecule has 0 unspecified atom stereocenters. The topological polar surface area (TPSA) is 108 Å². The van der Waals surface area contributed by atoms with E-state index in [9.17, 15) is 4.79 Å². The number of piperidine rings is 1. The van der Waals surface area contributed by atoms with Gasteiger partial charge in [-0.1, -0.05) is 25.1 Å². The number of rotatable bonds is 6. The van der Waals surface area contributed by atoms with E-state index in [1.165, 1.54) is 5.56 Å². The summed E-state index contributed by atoms with van der Waals surface area (Å²) >= 11 is 0. The Hall–Kier alpha value is -3.44. The van der Waals surface area contributed by atoms with E-state index in [-0.39, 0.29) is 31.3 Å². The lowest BCUT2D eigenvalue weighted by molar-refractivity contribution is -0.106. The van der Waals surface area contributed by atoms with E-state index in [0.29, 0.717) is 29.8 Å². The van der Waals surface area contributed by atoms with Gasteiger partial charge in [0.25, 0.3) is 5.91 Å². The Kier molecular flexibility index (Phi) is 9.43. The molecule has 7 nitrogen and oxygen atoms in total. The molecule has 2 amide bonds. The van der Waals surface area contributed by atoms with Crippen LogP contribution in [0.15, 0.2) is 36.4 Å². The number of aryl methyl sites for hydroxylation is 2. The van der Waals surface area contributed by atoms with Crippen LogP contribution in [0.4, 0.5) is 10.1 Å². The highest BCUT2D eigenvalue weighted by Gasteiger charge is 2.38. The number of nitriles is 1. The quantitative estimate of drug-likeness (QED) is 0.585. The standard InChI is InChI=1S/C27H32FN3O2.CH3NO/c1-3-21-15-19(2)24(16-25(21)30-18-23-5-4-14-33-23)26(32)31-12-10-27(28,11-13-31)22-8-6-20(17-29)7-9-22;2-1-3/h6-9,15-16,23,30H,3-5,10-14,18H2,1-2H3;1H,(H2,2,3)/t23-;/m1./s1. The molecule has 2 aromatic carbocycles. The maximum absolute atomic E-state index is 15.6. The lowest BCUT2D eigenvalue weighted by Gasteiger charge is -2.37. The number of carbonyl (C=O) groups excluding carboxylic acids is 2. The molecule has 0 saturated carbocycles. The van der Waals surface area contributed by atoms with Crippen molar-refractivity contribution in [2.24, 2.45) is 5.73 Å². The normalized spacial score (nSPS) is 18.5. The summed E-state index contributed by atoms with van der Waals surface area (Å²) in [6, 6.07) is 12.8. The third-order valence-corrected chi connectivity index (χ3v) is 6.98. The Labute approximate surface area is 212 Å². The molecular weight excluding hydrogens is 459 g/mol. The van der Waals surface area contributed by atoms with Gasteiger partial charge in [-0.05, 0) is 61.1 Å². The minimum atomic E-state index is -1.47. The molecule has 2 aromatic rings. The summed E-state index contributed by atoms with van der Waals surface area (Å²) in [5.41, 5.74) is 7.58. The highest BCUT2D eigenvalue weighted by atomic mass is 19.1. The smallest absolute Gasteiger partial charge is 0.254 e. The van der Waals surface area contributed by atoms with Crippen LogP contribution in [0.25, 0.3) is 0 Å². The first kappa shape index (κ1) is 27.2. The van der Waals surface area contributed by atoms with Crippen molar-refractivity contribution in [1.29, 1.82) is 5.26 Å². The number of carbonyl (C=O) groups is 2. The van der Waals surface area contributed by atoms with Crippen molar-refractivity contribution in [1.82, 2.24) is 4.90 Å². The number of alkyl halides is 1. The van der Waals surface area contributed by atoms with Crippen molar-refractivity contribution in [2.45, 2.75) is 57.7 Å². The Morgan fingerprint density at radius 2 is 1.97 bits per heavy atom. The van der Waals surface area contributed by atoms with Gasteiger partial charge in [-0.2, -0.15) is 5.26 Å². The zero-order valence-electron chi connectivity index (χ0n) is 21.1. The van der Waals surface area contributed by atoms with Crippen LogP contribution < -0.4 is 11.1 Å². The molecule has 0 bridgehead atoms. The molecule has 8 heteroatoms. The number of primary amides is 1. The Bertz CT molecular complexity index is 1080. The number of anilines is 1. The second-order valence-corrected chi connectivity index (χ2v) is 9.28. The lowest BCUT2D eigenvalue weighted by Crippen LogP contribution is -2.43. The fourth-order valence-electron chi connectivity index (χ4n) is 4.85. The molecule has 2 aliphatic heterocycles. The van der Waals surface area contributed by atoms with Crippen LogP contribution in [0.1, 0.15) is 65.2 Å². The van der Waals surface area contributed by atoms with E-state index in [4.69, 9.17) is 14.8 Å². The number of hydrogen-bond acceptors (Lipinski definition) is 5. The van der Waals surface area contributed by atoms with Crippen LogP contribution in [0, 0.1) is 18.3 Å². The average molecular weight is 495 g/mol. The fourth-order valence-corrected chi connectivity index (χ4v) is 4.85. The lowest BCUT2D eigenvalue weighted by atomic mass is 9.85. The average Bonchev–Trinajstić information content (AvgIpc) is 3.42. The number of likely N-dealkylation sites (tertiary alicyclic amines) is 1. The molecule has 36 heavy (non-hydrogen) atoms. The highest BCUT2D eigenvalue weighted by molar-refractivity contribution is 5.97. The van der Waals surface area contributed by atoms with Crippen molar-refractivity contribution in [3.05, 3.63) is 64.2 Å². The largest absolute Gasteiger partial charge is 0.382 e. The van der Waals surface area contributed by atoms with Crippen LogP contribution in [-0.2, 0) is 21.6 Å². The monoisotopic (exact) mass is 494 g/mol. The summed E-state index contributed by atoms with van der Waals surface area (Å²) < 4.78 is 21.4. The first-order valence-corrected chi connectivity index (χ1v) is 12.5. The fraction of sp³-hybridized carbons (Fsp3) is 0.464. The minimum absolute atomic E-state index is 0.0443. The maximum Gasteiger partial charge on any atom is 0.254 e. The van der Waals surface area contributed by atoms with Gasteiger partial charge < -0.3 is 20.7 Å². The number of halogens is 1. The SMILES string of the molecule is CCc1cc(C)c(C(=O)N2CCC(F)(c3ccc(C#N)cc3)CC2)cc1NC[C@H]1CCCO1.NC=O. The summed E-state index contributed by atoms with van der Waals surface area (Å²) in [4.78, 5) is 23.7. The number of nitrogens with two attached hydrogens (primary N) is 1. The summed E-state index contributed by atoms with van der Waals surface area (Å²) in [6.07, 6.45) is 4.00. The van der Waals surface area contributed by atoms with Gasteiger partial charge in [-0.25, -0.2) is 4.39 Å². The van der Waals surface area contributed by atoms with E-state index in [1.54, 1.807) is 29.2 Å².